The van der Waals surface area contributed by atoms with Crippen molar-refractivity contribution in [3.8, 4) is 0 Å². The number of aryl methyl sites for hydroxylation is 1. The fourth-order valence-electron chi connectivity index (χ4n) is 4.54. The van der Waals surface area contributed by atoms with Gasteiger partial charge in [0.15, 0.2) is 0 Å². The van der Waals surface area contributed by atoms with Crippen LogP contribution in [0.5, 0.6) is 0 Å². The molecule has 0 N–H and O–H groups in total. The zero-order valence-corrected chi connectivity index (χ0v) is 16.7. The second kappa shape index (κ2) is 6.71. The van der Waals surface area contributed by atoms with E-state index in [1.807, 2.05) is 47.8 Å². The lowest BCUT2D eigenvalue weighted by atomic mass is 9.85. The number of carbonyl (C=O) groups excluding carboxylic acids is 1. The molecule has 1 saturated heterocycles. The van der Waals surface area contributed by atoms with Gasteiger partial charge in [-0.25, -0.2) is 0 Å². The van der Waals surface area contributed by atoms with Crippen LogP contribution in [0.15, 0.2) is 54.3 Å². The molecule has 0 aromatic carbocycles. The molecule has 3 aromatic rings. The number of carbonyl (C=O) groups is 1. The average molecular weight is 391 g/mol. The Morgan fingerprint density at radius 3 is 2.89 bits per heavy atom. The van der Waals surface area contributed by atoms with E-state index in [4.69, 9.17) is 4.98 Å². The first-order valence-corrected chi connectivity index (χ1v) is 10.5. The highest BCUT2D eigenvalue weighted by molar-refractivity contribution is 7.12. The Morgan fingerprint density at radius 2 is 2.11 bits per heavy atom. The highest BCUT2D eigenvalue weighted by Crippen LogP contribution is 2.46. The Bertz CT molecular complexity index is 1020. The summed E-state index contributed by atoms with van der Waals surface area (Å²) in [5.41, 5.74) is 4.50. The molecule has 0 aliphatic carbocycles. The molecular weight excluding hydrogens is 368 g/mol. The Balaban J connectivity index is 1.43. The van der Waals surface area contributed by atoms with Gasteiger partial charge in [0.25, 0.3) is 5.91 Å². The molecule has 1 amide bonds. The molecular formula is C22H22N4OS. The number of pyridine rings is 2. The van der Waals surface area contributed by atoms with E-state index in [0.29, 0.717) is 0 Å². The van der Waals surface area contributed by atoms with Crippen molar-refractivity contribution in [2.45, 2.75) is 25.3 Å². The number of amides is 1. The molecule has 142 valence electrons. The van der Waals surface area contributed by atoms with E-state index in [9.17, 15) is 4.79 Å². The van der Waals surface area contributed by atoms with Gasteiger partial charge >= 0.3 is 0 Å². The predicted molar refractivity (Wildman–Crippen MR) is 111 cm³/mol. The van der Waals surface area contributed by atoms with E-state index in [-0.39, 0.29) is 11.3 Å². The Hall–Kier alpha value is -2.73. The lowest BCUT2D eigenvalue weighted by molar-refractivity contribution is 0.0788. The number of fused-ring (bicyclic) bond motifs is 2. The van der Waals surface area contributed by atoms with Gasteiger partial charge in [-0.2, -0.15) is 0 Å². The maximum Gasteiger partial charge on any atom is 0.264 e. The minimum absolute atomic E-state index is 0.0837. The molecule has 3 aromatic heterocycles. The van der Waals surface area contributed by atoms with Gasteiger partial charge in [-0.05, 0) is 54.1 Å². The first kappa shape index (κ1) is 17.4. The third-order valence-corrected chi connectivity index (χ3v) is 6.92. The topological polar surface area (TPSA) is 49.3 Å². The van der Waals surface area contributed by atoms with Gasteiger partial charge < -0.3 is 9.80 Å². The molecule has 6 heteroatoms. The normalized spacial score (nSPS) is 20.8. The van der Waals surface area contributed by atoms with E-state index in [1.54, 1.807) is 6.20 Å². The van der Waals surface area contributed by atoms with Crippen LogP contribution in [0.25, 0.3) is 0 Å². The van der Waals surface area contributed by atoms with Crippen molar-refractivity contribution in [2.24, 2.45) is 0 Å². The molecule has 5 rings (SSSR count). The van der Waals surface area contributed by atoms with E-state index in [1.165, 1.54) is 22.6 Å². The molecule has 0 saturated carbocycles. The van der Waals surface area contributed by atoms with Crippen LogP contribution in [0.2, 0.25) is 0 Å². The van der Waals surface area contributed by atoms with Crippen molar-refractivity contribution in [1.29, 1.82) is 0 Å². The number of thiophene rings is 1. The number of anilines is 1. The van der Waals surface area contributed by atoms with E-state index < -0.39 is 0 Å². The third-order valence-electron chi connectivity index (χ3n) is 5.92. The van der Waals surface area contributed by atoms with Crippen molar-refractivity contribution in [3.05, 3.63) is 76.0 Å². The monoisotopic (exact) mass is 390 g/mol. The van der Waals surface area contributed by atoms with Crippen molar-refractivity contribution < 1.29 is 4.79 Å². The number of hydrogen-bond donors (Lipinski definition) is 0. The van der Waals surface area contributed by atoms with Gasteiger partial charge in [0.2, 0.25) is 0 Å². The summed E-state index contributed by atoms with van der Waals surface area (Å²) < 4.78 is 0. The highest BCUT2D eigenvalue weighted by Gasteiger charge is 2.49. The van der Waals surface area contributed by atoms with Gasteiger partial charge in [0.05, 0.1) is 21.7 Å². The summed E-state index contributed by atoms with van der Waals surface area (Å²) in [7, 11) is 0. The summed E-state index contributed by atoms with van der Waals surface area (Å²) in [4.78, 5) is 27.3. The summed E-state index contributed by atoms with van der Waals surface area (Å²) in [6.07, 6.45) is 6.56. The zero-order chi connectivity index (χ0) is 19.1. The largest absolute Gasteiger partial charge is 0.365 e. The lowest BCUT2D eigenvalue weighted by Crippen LogP contribution is -2.38. The molecule has 1 spiro atoms. The number of rotatable bonds is 3. The minimum atomic E-state index is -0.0837. The zero-order valence-electron chi connectivity index (χ0n) is 15.8. The predicted octanol–water partition coefficient (Wildman–Crippen LogP) is 3.65. The van der Waals surface area contributed by atoms with Crippen molar-refractivity contribution in [1.82, 2.24) is 14.9 Å². The number of nitrogens with zero attached hydrogens (tertiary/aromatic N) is 4. The molecule has 2 aliphatic heterocycles. The van der Waals surface area contributed by atoms with Crippen LogP contribution >= 0.6 is 11.3 Å². The van der Waals surface area contributed by atoms with Crippen molar-refractivity contribution in [2.75, 3.05) is 24.5 Å². The summed E-state index contributed by atoms with van der Waals surface area (Å²) >= 11 is 1.54. The molecule has 0 radical (unpaired) electrons. The minimum Gasteiger partial charge on any atom is -0.365 e. The standard InChI is InChI=1S/C22H22N4OS/c1-16-6-11-28-19(16)21(27)25-10-7-22(14-25)15-26(13-17-4-2-8-23-12-17)18-5-3-9-24-20(18)22/h2-6,8-9,11-12H,7,10,13-15H2,1H3. The number of aromatic nitrogens is 2. The molecule has 1 atom stereocenters. The van der Waals surface area contributed by atoms with Crippen LogP contribution in [-0.4, -0.2) is 40.4 Å². The second-order valence-electron chi connectivity index (χ2n) is 7.78. The van der Waals surface area contributed by atoms with Gasteiger partial charge in [0, 0.05) is 44.8 Å². The SMILES string of the molecule is Cc1ccsc1C(=O)N1CCC2(C1)CN(Cc1cccnc1)c1cccnc12. The van der Waals surface area contributed by atoms with Crippen LogP contribution < -0.4 is 4.90 Å². The highest BCUT2D eigenvalue weighted by atomic mass is 32.1. The first-order valence-electron chi connectivity index (χ1n) is 9.59. The van der Waals surface area contributed by atoms with E-state index in [0.717, 1.165) is 48.7 Å². The summed E-state index contributed by atoms with van der Waals surface area (Å²) in [6, 6.07) is 10.3. The average Bonchev–Trinajstić information content (AvgIpc) is 3.42. The molecule has 0 bridgehead atoms. The molecule has 28 heavy (non-hydrogen) atoms. The van der Waals surface area contributed by atoms with Crippen LogP contribution in [0.4, 0.5) is 5.69 Å². The second-order valence-corrected chi connectivity index (χ2v) is 8.69. The maximum absolute atomic E-state index is 13.0. The summed E-state index contributed by atoms with van der Waals surface area (Å²) in [6.45, 7) is 5.23. The van der Waals surface area contributed by atoms with Crippen LogP contribution in [0.1, 0.15) is 32.9 Å². The Labute approximate surface area is 168 Å². The van der Waals surface area contributed by atoms with Crippen molar-refractivity contribution >= 4 is 22.9 Å². The quantitative estimate of drug-likeness (QED) is 0.685. The van der Waals surface area contributed by atoms with Gasteiger partial charge in [0.1, 0.15) is 0 Å². The van der Waals surface area contributed by atoms with Gasteiger partial charge in [-0.15, -0.1) is 11.3 Å². The van der Waals surface area contributed by atoms with Gasteiger partial charge in [-0.1, -0.05) is 6.07 Å². The molecule has 5 heterocycles. The molecule has 5 nitrogen and oxygen atoms in total. The first-order chi connectivity index (χ1) is 13.7. The smallest absolute Gasteiger partial charge is 0.264 e. The van der Waals surface area contributed by atoms with E-state index in [2.05, 4.69) is 22.0 Å². The third kappa shape index (κ3) is 2.79. The van der Waals surface area contributed by atoms with Crippen molar-refractivity contribution in [3.63, 3.8) is 0 Å². The summed E-state index contributed by atoms with van der Waals surface area (Å²) in [5.74, 6) is 0.160. The fourth-order valence-corrected chi connectivity index (χ4v) is 5.43. The summed E-state index contributed by atoms with van der Waals surface area (Å²) in [5, 5.41) is 2.00. The van der Waals surface area contributed by atoms with Crippen LogP contribution in [0, 0.1) is 6.92 Å². The van der Waals surface area contributed by atoms with Crippen LogP contribution in [-0.2, 0) is 12.0 Å². The Morgan fingerprint density at radius 1 is 1.21 bits per heavy atom. The maximum atomic E-state index is 13.0. The molecule has 1 unspecified atom stereocenters. The fraction of sp³-hybridized carbons (Fsp3) is 0.318. The van der Waals surface area contributed by atoms with Crippen LogP contribution in [0.3, 0.4) is 0 Å². The van der Waals surface area contributed by atoms with E-state index >= 15 is 0 Å². The molecule has 1 fully saturated rings. The van der Waals surface area contributed by atoms with Gasteiger partial charge in [-0.3, -0.25) is 14.8 Å². The number of likely N-dealkylation sites (tertiary alicyclic amines) is 1. The molecule has 2 aliphatic rings. The lowest BCUT2D eigenvalue weighted by Gasteiger charge is -2.25. The Kier molecular flexibility index (Phi) is 4.16. The number of hydrogen-bond acceptors (Lipinski definition) is 5.